The van der Waals surface area contributed by atoms with Crippen LogP contribution in [0.25, 0.3) is 0 Å². The Morgan fingerprint density at radius 3 is 2.25 bits per heavy atom. The second-order valence-corrected chi connectivity index (χ2v) is 9.25. The predicted molar refractivity (Wildman–Crippen MR) is 91.2 cm³/mol. The van der Waals surface area contributed by atoms with Gasteiger partial charge in [0.05, 0.1) is 11.4 Å². The molecule has 8 nitrogen and oxygen atoms in total. The molecule has 1 fully saturated rings. The topological polar surface area (TPSA) is 98.4 Å². The molecule has 1 aliphatic rings. The second-order valence-electron chi connectivity index (χ2n) is 7.37. The molecule has 0 spiro atoms. The molecular formula is C15H27N5O3S. The molecule has 1 aromatic heterocycles. The highest BCUT2D eigenvalue weighted by molar-refractivity contribution is 7.89. The molecule has 2 N–H and O–H groups in total. The number of aromatic amines is 1. The summed E-state index contributed by atoms with van der Waals surface area (Å²) in [5.74, 6) is 0. The van der Waals surface area contributed by atoms with E-state index in [0.717, 1.165) is 0 Å². The van der Waals surface area contributed by atoms with Crippen molar-refractivity contribution in [2.75, 3.05) is 32.7 Å². The normalized spacial score (nSPS) is 17.1. The lowest BCUT2D eigenvalue weighted by atomic mass is 9.97. The molecule has 0 unspecified atom stereocenters. The lowest BCUT2D eigenvalue weighted by Crippen LogP contribution is -2.53. The maximum Gasteiger partial charge on any atom is 0.317 e. The van der Waals surface area contributed by atoms with Crippen molar-refractivity contribution in [1.29, 1.82) is 0 Å². The fourth-order valence-electron chi connectivity index (χ4n) is 2.63. The van der Waals surface area contributed by atoms with Crippen molar-refractivity contribution in [1.82, 2.24) is 24.7 Å². The van der Waals surface area contributed by atoms with Crippen LogP contribution in [0.4, 0.5) is 4.79 Å². The second kappa shape index (κ2) is 6.72. The molecule has 2 amide bonds. The summed E-state index contributed by atoms with van der Waals surface area (Å²) in [4.78, 5) is 14.1. The molecule has 1 aromatic rings. The number of H-pyrrole nitrogens is 1. The summed E-state index contributed by atoms with van der Waals surface area (Å²) in [6.07, 6.45) is 0. The number of nitrogens with one attached hydrogen (secondary N) is 2. The number of rotatable bonds is 3. The average Bonchev–Trinajstić information content (AvgIpc) is 2.84. The molecule has 0 aromatic carbocycles. The van der Waals surface area contributed by atoms with Gasteiger partial charge in [-0.2, -0.15) is 9.40 Å². The van der Waals surface area contributed by atoms with Crippen molar-refractivity contribution in [3.05, 3.63) is 11.4 Å². The summed E-state index contributed by atoms with van der Waals surface area (Å²) in [5.41, 5.74) is 1.02. The Labute approximate surface area is 143 Å². The standard InChI is InChI=1S/C15H27N5O3S/c1-11-13(12(2)18-17-11)24(22,23)20-8-6-19(7-9-20)14(21)16-10-15(3,4)5/h6-10H2,1-5H3,(H,16,21)(H,17,18). The highest BCUT2D eigenvalue weighted by Crippen LogP contribution is 2.22. The zero-order chi connectivity index (χ0) is 18.1. The van der Waals surface area contributed by atoms with Crippen molar-refractivity contribution < 1.29 is 13.2 Å². The van der Waals surface area contributed by atoms with Gasteiger partial charge in [0, 0.05) is 32.7 Å². The maximum absolute atomic E-state index is 12.8. The number of aryl methyl sites for hydroxylation is 2. The quantitative estimate of drug-likeness (QED) is 0.846. The molecule has 0 saturated carbocycles. The average molecular weight is 357 g/mol. The molecule has 2 heterocycles. The van der Waals surface area contributed by atoms with E-state index in [1.54, 1.807) is 18.7 Å². The molecule has 1 saturated heterocycles. The van der Waals surface area contributed by atoms with E-state index in [4.69, 9.17) is 0 Å². The first kappa shape index (κ1) is 18.7. The number of aromatic nitrogens is 2. The molecule has 0 atom stereocenters. The number of amides is 2. The summed E-state index contributed by atoms with van der Waals surface area (Å²) < 4.78 is 27.0. The molecule has 2 rings (SSSR count). The zero-order valence-corrected chi connectivity index (χ0v) is 15.8. The third-order valence-corrected chi connectivity index (χ3v) is 6.12. The molecule has 1 aliphatic heterocycles. The number of urea groups is 1. The third-order valence-electron chi connectivity index (χ3n) is 3.95. The van der Waals surface area contributed by atoms with Gasteiger partial charge in [0.2, 0.25) is 10.0 Å². The lowest BCUT2D eigenvalue weighted by molar-refractivity contribution is 0.168. The fourth-order valence-corrected chi connectivity index (χ4v) is 4.39. The van der Waals surface area contributed by atoms with Crippen LogP contribution in [0.1, 0.15) is 32.2 Å². The van der Waals surface area contributed by atoms with E-state index in [1.807, 2.05) is 20.8 Å². The Kier molecular flexibility index (Phi) is 5.24. The number of sulfonamides is 1. The number of hydrogen-bond donors (Lipinski definition) is 2. The minimum absolute atomic E-state index is 0.0111. The Morgan fingerprint density at radius 1 is 1.21 bits per heavy atom. The molecule has 0 bridgehead atoms. The summed E-state index contributed by atoms with van der Waals surface area (Å²) in [6, 6.07) is -0.141. The summed E-state index contributed by atoms with van der Waals surface area (Å²) in [7, 11) is -3.58. The Hall–Kier alpha value is -1.61. The van der Waals surface area contributed by atoms with E-state index in [0.29, 0.717) is 31.0 Å². The Bertz CT molecular complexity index is 678. The zero-order valence-electron chi connectivity index (χ0n) is 15.0. The van der Waals surface area contributed by atoms with Crippen molar-refractivity contribution in [2.24, 2.45) is 5.41 Å². The van der Waals surface area contributed by atoms with Crippen LogP contribution in [-0.2, 0) is 10.0 Å². The van der Waals surface area contributed by atoms with Crippen LogP contribution >= 0.6 is 0 Å². The van der Waals surface area contributed by atoms with E-state index in [2.05, 4.69) is 15.5 Å². The van der Waals surface area contributed by atoms with Gasteiger partial charge in [-0.15, -0.1) is 0 Å². The van der Waals surface area contributed by atoms with E-state index in [1.165, 1.54) is 4.31 Å². The molecular weight excluding hydrogens is 330 g/mol. The van der Waals surface area contributed by atoms with Gasteiger partial charge in [-0.05, 0) is 19.3 Å². The van der Waals surface area contributed by atoms with Crippen molar-refractivity contribution in [2.45, 2.75) is 39.5 Å². The predicted octanol–water partition coefficient (Wildman–Crippen LogP) is 1.09. The lowest BCUT2D eigenvalue weighted by Gasteiger charge is -2.34. The van der Waals surface area contributed by atoms with Crippen LogP contribution < -0.4 is 5.32 Å². The molecule has 0 radical (unpaired) electrons. The van der Waals surface area contributed by atoms with E-state index < -0.39 is 10.0 Å². The van der Waals surface area contributed by atoms with Gasteiger partial charge in [-0.1, -0.05) is 20.8 Å². The largest absolute Gasteiger partial charge is 0.337 e. The Morgan fingerprint density at radius 2 is 1.79 bits per heavy atom. The highest BCUT2D eigenvalue weighted by Gasteiger charge is 2.33. The smallest absolute Gasteiger partial charge is 0.317 e. The van der Waals surface area contributed by atoms with Gasteiger partial charge in [0.15, 0.2) is 0 Å². The fraction of sp³-hybridized carbons (Fsp3) is 0.733. The molecule has 24 heavy (non-hydrogen) atoms. The van der Waals surface area contributed by atoms with Crippen LogP contribution in [0.3, 0.4) is 0 Å². The SMILES string of the molecule is Cc1n[nH]c(C)c1S(=O)(=O)N1CCN(C(=O)NCC(C)(C)C)CC1. The minimum atomic E-state index is -3.58. The van der Waals surface area contributed by atoms with Crippen LogP contribution in [0, 0.1) is 19.3 Å². The van der Waals surface area contributed by atoms with Crippen molar-refractivity contribution >= 4 is 16.1 Å². The van der Waals surface area contributed by atoms with Gasteiger partial charge < -0.3 is 10.2 Å². The van der Waals surface area contributed by atoms with E-state index in [-0.39, 0.29) is 29.4 Å². The molecule has 136 valence electrons. The summed E-state index contributed by atoms with van der Waals surface area (Å²) in [5, 5.41) is 9.57. The van der Waals surface area contributed by atoms with E-state index >= 15 is 0 Å². The van der Waals surface area contributed by atoms with Gasteiger partial charge in [-0.3, -0.25) is 5.10 Å². The van der Waals surface area contributed by atoms with Crippen molar-refractivity contribution in [3.63, 3.8) is 0 Å². The number of nitrogens with zero attached hydrogens (tertiary/aromatic N) is 3. The van der Waals surface area contributed by atoms with Gasteiger partial charge >= 0.3 is 6.03 Å². The summed E-state index contributed by atoms with van der Waals surface area (Å²) >= 11 is 0. The number of piperazine rings is 1. The van der Waals surface area contributed by atoms with Crippen molar-refractivity contribution in [3.8, 4) is 0 Å². The van der Waals surface area contributed by atoms with Crippen LogP contribution in [-0.4, -0.2) is 66.6 Å². The Balaban J connectivity index is 1.99. The number of carbonyl (C=O) groups excluding carboxylic acids is 1. The van der Waals surface area contributed by atoms with Gasteiger partial charge in [0.25, 0.3) is 0 Å². The molecule has 0 aliphatic carbocycles. The van der Waals surface area contributed by atoms with Crippen LogP contribution in [0.5, 0.6) is 0 Å². The van der Waals surface area contributed by atoms with Gasteiger partial charge in [0.1, 0.15) is 4.90 Å². The monoisotopic (exact) mass is 357 g/mol. The number of carbonyl (C=O) groups is 1. The first-order chi connectivity index (χ1) is 11.0. The third kappa shape index (κ3) is 4.07. The maximum atomic E-state index is 12.8. The van der Waals surface area contributed by atoms with Crippen LogP contribution in [0.2, 0.25) is 0 Å². The van der Waals surface area contributed by atoms with Gasteiger partial charge in [-0.25, -0.2) is 13.2 Å². The molecule has 9 heteroatoms. The first-order valence-electron chi connectivity index (χ1n) is 8.07. The van der Waals surface area contributed by atoms with Crippen LogP contribution in [0.15, 0.2) is 4.90 Å². The first-order valence-corrected chi connectivity index (χ1v) is 9.51. The highest BCUT2D eigenvalue weighted by atomic mass is 32.2. The van der Waals surface area contributed by atoms with E-state index in [9.17, 15) is 13.2 Å². The minimum Gasteiger partial charge on any atom is -0.337 e. The summed E-state index contributed by atoms with van der Waals surface area (Å²) in [6.45, 7) is 11.4. The number of hydrogen-bond acceptors (Lipinski definition) is 4.